The normalized spacial score (nSPS) is 16.8. The number of hydrogen-bond donors (Lipinski definition) is 3. The quantitative estimate of drug-likeness (QED) is 0.537. The summed E-state index contributed by atoms with van der Waals surface area (Å²) in [6, 6.07) is 0. The number of ether oxygens (including phenoxy) is 1. The molecule has 0 spiro atoms. The standard InChI is InChI=1S/C10H9N3O4S/c1-2-4-5(11-9(18)12-7(4)14)3-6-8(15)13-10(16)17-6/h3H,2H2,1H3,(H,13,15,16)(H2,11,12,14,18)/b6-3+. The molecule has 7 nitrogen and oxygen atoms in total. The van der Waals surface area contributed by atoms with Gasteiger partial charge in [0, 0.05) is 11.6 Å². The molecular formula is C10H9N3O4S. The van der Waals surface area contributed by atoms with Crippen LogP contribution in [0.15, 0.2) is 10.6 Å². The lowest BCUT2D eigenvalue weighted by Gasteiger charge is -2.02. The lowest BCUT2D eigenvalue weighted by molar-refractivity contribution is -0.116. The largest absolute Gasteiger partial charge is 0.419 e. The van der Waals surface area contributed by atoms with Crippen molar-refractivity contribution in [3.05, 3.63) is 32.1 Å². The van der Waals surface area contributed by atoms with Crippen LogP contribution in [0.1, 0.15) is 18.2 Å². The molecule has 1 aliphatic heterocycles. The molecule has 1 aromatic heterocycles. The Morgan fingerprint density at radius 3 is 2.56 bits per heavy atom. The number of imide groups is 1. The Morgan fingerprint density at radius 2 is 2.00 bits per heavy atom. The van der Waals surface area contributed by atoms with Crippen LogP contribution in [-0.2, 0) is 16.0 Å². The van der Waals surface area contributed by atoms with Crippen molar-refractivity contribution in [2.24, 2.45) is 0 Å². The van der Waals surface area contributed by atoms with Crippen LogP contribution in [-0.4, -0.2) is 22.0 Å². The predicted octanol–water partition coefficient (Wildman–Crippen LogP) is 0.602. The second-order valence-electron chi connectivity index (χ2n) is 3.51. The zero-order chi connectivity index (χ0) is 13.3. The maximum Gasteiger partial charge on any atom is 0.419 e. The minimum absolute atomic E-state index is 0.133. The number of carbonyl (C=O) groups is 2. The van der Waals surface area contributed by atoms with Gasteiger partial charge in [0.05, 0.1) is 5.69 Å². The summed E-state index contributed by atoms with van der Waals surface area (Å²) in [6.45, 7) is 1.78. The van der Waals surface area contributed by atoms with Gasteiger partial charge in [0.15, 0.2) is 10.5 Å². The molecule has 0 aromatic carbocycles. The molecule has 2 heterocycles. The summed E-state index contributed by atoms with van der Waals surface area (Å²) < 4.78 is 4.79. The van der Waals surface area contributed by atoms with Crippen molar-refractivity contribution in [2.45, 2.75) is 13.3 Å². The predicted molar refractivity (Wildman–Crippen MR) is 64.2 cm³/mol. The topological polar surface area (TPSA) is 104 Å². The van der Waals surface area contributed by atoms with Gasteiger partial charge in [0.25, 0.3) is 11.5 Å². The summed E-state index contributed by atoms with van der Waals surface area (Å²) in [5, 5.41) is 1.96. The van der Waals surface area contributed by atoms with Gasteiger partial charge in [0.2, 0.25) is 0 Å². The van der Waals surface area contributed by atoms with Crippen molar-refractivity contribution in [2.75, 3.05) is 0 Å². The van der Waals surface area contributed by atoms with Crippen molar-refractivity contribution < 1.29 is 14.3 Å². The van der Waals surface area contributed by atoms with E-state index in [-0.39, 0.29) is 16.1 Å². The molecular weight excluding hydrogens is 258 g/mol. The maximum atomic E-state index is 11.6. The van der Waals surface area contributed by atoms with Gasteiger partial charge < -0.3 is 9.72 Å². The SMILES string of the molecule is CCc1c(/C=C2/OC(=O)NC2=O)[nH]c(=S)[nH]c1=O. The van der Waals surface area contributed by atoms with E-state index in [1.54, 1.807) is 6.92 Å². The Labute approximate surface area is 106 Å². The van der Waals surface area contributed by atoms with Gasteiger partial charge in [-0.15, -0.1) is 0 Å². The van der Waals surface area contributed by atoms with Gasteiger partial charge in [0.1, 0.15) is 0 Å². The molecule has 18 heavy (non-hydrogen) atoms. The molecule has 1 aliphatic rings. The summed E-state index contributed by atoms with van der Waals surface area (Å²) in [6.07, 6.45) is 0.882. The lowest BCUT2D eigenvalue weighted by Crippen LogP contribution is -2.19. The molecule has 1 fully saturated rings. The number of carbonyl (C=O) groups excluding carboxylic acids is 2. The smallest absolute Gasteiger partial charge is 0.404 e. The summed E-state index contributed by atoms with van der Waals surface area (Å²) in [5.41, 5.74) is 0.441. The van der Waals surface area contributed by atoms with Gasteiger partial charge in [-0.25, -0.2) is 4.79 Å². The maximum absolute atomic E-state index is 11.6. The highest BCUT2D eigenvalue weighted by atomic mass is 32.1. The zero-order valence-electron chi connectivity index (χ0n) is 9.33. The minimum atomic E-state index is -0.840. The second-order valence-corrected chi connectivity index (χ2v) is 3.91. The highest BCUT2D eigenvalue weighted by Gasteiger charge is 2.26. The average molecular weight is 267 g/mol. The number of rotatable bonds is 2. The highest BCUT2D eigenvalue weighted by Crippen LogP contribution is 2.12. The van der Waals surface area contributed by atoms with Gasteiger partial charge in [-0.3, -0.25) is 19.9 Å². The Bertz CT molecular complexity index is 670. The fourth-order valence-corrected chi connectivity index (χ4v) is 1.76. The number of H-pyrrole nitrogens is 2. The first kappa shape index (κ1) is 12.2. The molecule has 0 saturated carbocycles. The van der Waals surface area contributed by atoms with E-state index in [2.05, 4.69) is 14.7 Å². The van der Waals surface area contributed by atoms with Gasteiger partial charge in [-0.2, -0.15) is 0 Å². The van der Waals surface area contributed by atoms with Crippen LogP contribution in [0.5, 0.6) is 0 Å². The number of cyclic esters (lactones) is 1. The number of aromatic nitrogens is 2. The Kier molecular flexibility index (Phi) is 3.11. The van der Waals surface area contributed by atoms with Crippen LogP contribution in [0.25, 0.3) is 6.08 Å². The van der Waals surface area contributed by atoms with Crippen LogP contribution in [0.4, 0.5) is 4.79 Å². The molecule has 1 saturated heterocycles. The van der Waals surface area contributed by atoms with E-state index in [1.807, 2.05) is 5.32 Å². The Balaban J connectivity index is 2.56. The van der Waals surface area contributed by atoms with E-state index in [9.17, 15) is 14.4 Å². The van der Waals surface area contributed by atoms with Crippen molar-refractivity contribution in [1.29, 1.82) is 0 Å². The first-order chi connectivity index (χ1) is 8.51. The van der Waals surface area contributed by atoms with Crippen molar-refractivity contribution >= 4 is 30.3 Å². The zero-order valence-corrected chi connectivity index (χ0v) is 10.1. The first-order valence-electron chi connectivity index (χ1n) is 5.11. The molecule has 1 aromatic rings. The second kappa shape index (κ2) is 4.57. The molecule has 2 amide bonds. The molecule has 0 bridgehead atoms. The number of alkyl carbamates (subject to hydrolysis) is 1. The van der Waals surface area contributed by atoms with Crippen molar-refractivity contribution in [3.8, 4) is 0 Å². The van der Waals surface area contributed by atoms with Gasteiger partial charge in [-0.05, 0) is 18.6 Å². The number of nitrogens with one attached hydrogen (secondary N) is 3. The lowest BCUT2D eigenvalue weighted by atomic mass is 10.1. The van der Waals surface area contributed by atoms with E-state index in [0.29, 0.717) is 17.7 Å². The van der Waals surface area contributed by atoms with E-state index in [0.717, 1.165) is 0 Å². The fourth-order valence-electron chi connectivity index (χ4n) is 1.56. The van der Waals surface area contributed by atoms with Crippen LogP contribution < -0.4 is 10.9 Å². The van der Waals surface area contributed by atoms with Crippen molar-refractivity contribution in [3.63, 3.8) is 0 Å². The molecule has 3 N–H and O–H groups in total. The molecule has 8 heteroatoms. The number of hydrogen-bond acceptors (Lipinski definition) is 5. The molecule has 0 atom stereocenters. The summed E-state index contributed by atoms with van der Waals surface area (Å²) >= 11 is 4.84. The third-order valence-electron chi connectivity index (χ3n) is 2.35. The summed E-state index contributed by atoms with van der Waals surface area (Å²) in [5.74, 6) is -0.826. The van der Waals surface area contributed by atoms with Gasteiger partial charge >= 0.3 is 6.09 Å². The van der Waals surface area contributed by atoms with Crippen LogP contribution in [0.2, 0.25) is 0 Å². The number of aromatic amines is 2. The molecule has 0 aliphatic carbocycles. The minimum Gasteiger partial charge on any atom is -0.404 e. The number of amides is 2. The van der Waals surface area contributed by atoms with E-state index in [1.165, 1.54) is 6.08 Å². The first-order valence-corrected chi connectivity index (χ1v) is 5.52. The van der Waals surface area contributed by atoms with Crippen molar-refractivity contribution in [1.82, 2.24) is 15.3 Å². The molecule has 0 radical (unpaired) electrons. The molecule has 94 valence electrons. The summed E-state index contributed by atoms with van der Waals surface area (Å²) in [7, 11) is 0. The van der Waals surface area contributed by atoms with Crippen LogP contribution in [0.3, 0.4) is 0 Å². The third kappa shape index (κ3) is 2.23. The Morgan fingerprint density at radius 1 is 1.28 bits per heavy atom. The van der Waals surface area contributed by atoms with E-state index < -0.39 is 12.0 Å². The summed E-state index contributed by atoms with van der Waals surface area (Å²) in [4.78, 5) is 39.0. The highest BCUT2D eigenvalue weighted by molar-refractivity contribution is 7.71. The molecule has 2 rings (SSSR count). The van der Waals surface area contributed by atoms with Gasteiger partial charge in [-0.1, -0.05) is 6.92 Å². The third-order valence-corrected chi connectivity index (χ3v) is 2.55. The monoisotopic (exact) mass is 267 g/mol. The Hall–Kier alpha value is -2.22. The average Bonchev–Trinajstić information content (AvgIpc) is 2.57. The molecule has 0 unspecified atom stereocenters. The van der Waals surface area contributed by atoms with Crippen LogP contribution in [0, 0.1) is 4.77 Å². The van der Waals surface area contributed by atoms with Crippen LogP contribution >= 0.6 is 12.2 Å². The van der Waals surface area contributed by atoms with E-state index >= 15 is 0 Å². The van der Waals surface area contributed by atoms with E-state index in [4.69, 9.17) is 12.2 Å². The fraction of sp³-hybridized carbons (Fsp3) is 0.200.